The number of anilines is 1. The Hall–Kier alpha value is -1.92. The highest BCUT2D eigenvalue weighted by molar-refractivity contribution is 5.61. The van der Waals surface area contributed by atoms with Gasteiger partial charge in [0.05, 0.1) is 12.1 Å². The number of nitrogens with zero attached hydrogens (tertiary/aromatic N) is 2. The minimum absolute atomic E-state index is 0.284. The van der Waals surface area contributed by atoms with Crippen molar-refractivity contribution in [3.05, 3.63) is 64.9 Å². The summed E-state index contributed by atoms with van der Waals surface area (Å²) in [6.45, 7) is 0.419. The summed E-state index contributed by atoms with van der Waals surface area (Å²) in [7, 11) is 0. The standard InChI is InChI=1S/C14H13N3O2/c18-17(19)13-8-4-2-6-11(13)14-15-12-7-3-1-5-10(12)9-16(14)17/h1-8,14-15,18H,9H2. The van der Waals surface area contributed by atoms with Crippen LogP contribution in [0.1, 0.15) is 17.3 Å². The monoisotopic (exact) mass is 255 g/mol. The second kappa shape index (κ2) is 3.55. The normalized spacial score (nSPS) is 28.2. The maximum Gasteiger partial charge on any atom is 0.193 e. The summed E-state index contributed by atoms with van der Waals surface area (Å²) in [5.41, 5.74) is 3.24. The minimum atomic E-state index is -1.44. The predicted octanol–water partition coefficient (Wildman–Crippen LogP) is 2.74. The molecule has 0 aliphatic carbocycles. The van der Waals surface area contributed by atoms with Crippen LogP contribution in [0.2, 0.25) is 0 Å². The molecular weight excluding hydrogens is 242 g/mol. The van der Waals surface area contributed by atoms with Crippen molar-refractivity contribution in [2.24, 2.45) is 0 Å². The zero-order valence-corrected chi connectivity index (χ0v) is 10.2. The fourth-order valence-electron chi connectivity index (χ4n) is 2.90. The van der Waals surface area contributed by atoms with Gasteiger partial charge in [-0.2, -0.15) is 5.21 Å². The summed E-state index contributed by atoms with van der Waals surface area (Å²) < 4.78 is 0. The van der Waals surface area contributed by atoms with Crippen molar-refractivity contribution in [2.75, 3.05) is 5.32 Å². The zero-order chi connectivity index (χ0) is 13.0. The van der Waals surface area contributed by atoms with Gasteiger partial charge in [0.25, 0.3) is 0 Å². The molecule has 0 radical (unpaired) electrons. The number of benzene rings is 2. The fraction of sp³-hybridized carbons (Fsp3) is 0.143. The molecule has 2 aromatic carbocycles. The molecule has 2 N–H and O–H groups in total. The topological polar surface area (TPSA) is 58.6 Å². The van der Waals surface area contributed by atoms with Crippen molar-refractivity contribution in [3.8, 4) is 0 Å². The van der Waals surface area contributed by atoms with E-state index in [1.807, 2.05) is 36.4 Å². The maximum absolute atomic E-state index is 12.5. The van der Waals surface area contributed by atoms with E-state index in [0.717, 1.165) is 16.8 Å². The number of fused-ring (bicyclic) bond motifs is 4. The van der Waals surface area contributed by atoms with E-state index in [9.17, 15) is 10.4 Å². The highest BCUT2D eigenvalue weighted by Gasteiger charge is 2.48. The Labute approximate surface area is 110 Å². The van der Waals surface area contributed by atoms with Crippen LogP contribution in [0.3, 0.4) is 0 Å². The molecule has 96 valence electrons. The van der Waals surface area contributed by atoms with E-state index in [1.165, 1.54) is 5.01 Å². The lowest BCUT2D eigenvalue weighted by Gasteiger charge is -2.40. The van der Waals surface area contributed by atoms with Gasteiger partial charge in [-0.15, -0.1) is 0 Å². The van der Waals surface area contributed by atoms with Crippen LogP contribution in [-0.2, 0) is 6.54 Å². The number of nitrogens with one attached hydrogen (secondary N) is 1. The molecule has 0 amide bonds. The number of quaternary nitrogens is 1. The first kappa shape index (κ1) is 11.0. The lowest BCUT2D eigenvalue weighted by Crippen LogP contribution is -2.54. The summed E-state index contributed by atoms with van der Waals surface area (Å²) in [4.78, 5) is -1.44. The summed E-state index contributed by atoms with van der Waals surface area (Å²) in [5, 5.41) is 27.5. The number of hydrogen-bond acceptors (Lipinski definition) is 4. The van der Waals surface area contributed by atoms with Gasteiger partial charge in [0, 0.05) is 11.8 Å². The van der Waals surface area contributed by atoms with Crippen molar-refractivity contribution in [2.45, 2.75) is 12.7 Å². The second-order valence-corrected chi connectivity index (χ2v) is 4.90. The molecule has 2 aliphatic heterocycles. The average molecular weight is 255 g/mol. The number of rotatable bonds is 0. The van der Waals surface area contributed by atoms with Crippen molar-refractivity contribution < 1.29 is 5.21 Å². The quantitative estimate of drug-likeness (QED) is 0.561. The summed E-state index contributed by atoms with van der Waals surface area (Å²) in [6.07, 6.45) is -0.284. The Bertz CT molecular complexity index is 657. The molecule has 4 rings (SSSR count). The molecule has 2 atom stereocenters. The first-order valence-electron chi connectivity index (χ1n) is 6.22. The predicted molar refractivity (Wildman–Crippen MR) is 71.7 cm³/mol. The van der Waals surface area contributed by atoms with Crippen molar-refractivity contribution in [1.29, 1.82) is 0 Å². The lowest BCUT2D eigenvalue weighted by atomic mass is 10.1. The molecule has 2 unspecified atom stereocenters. The third-order valence-electron chi connectivity index (χ3n) is 3.83. The molecule has 0 fully saturated rings. The molecule has 19 heavy (non-hydrogen) atoms. The molecule has 0 bridgehead atoms. The van der Waals surface area contributed by atoms with E-state index in [-0.39, 0.29) is 6.17 Å². The van der Waals surface area contributed by atoms with Gasteiger partial charge in [0.1, 0.15) is 0 Å². The molecular formula is C14H13N3O2. The van der Waals surface area contributed by atoms with Crippen LogP contribution in [0, 0.1) is 5.21 Å². The van der Waals surface area contributed by atoms with Crippen LogP contribution in [0.5, 0.6) is 0 Å². The van der Waals surface area contributed by atoms with E-state index in [1.54, 1.807) is 12.1 Å². The van der Waals surface area contributed by atoms with Gasteiger partial charge in [-0.25, -0.2) is 0 Å². The van der Waals surface area contributed by atoms with Gasteiger partial charge < -0.3 is 10.5 Å². The van der Waals surface area contributed by atoms with E-state index < -0.39 is 4.92 Å². The smallest absolute Gasteiger partial charge is 0.193 e. The SMILES string of the molecule is [O-][N+]1(O)c2ccccc2C2Nc3ccccc3CN21. The summed E-state index contributed by atoms with van der Waals surface area (Å²) >= 11 is 0. The number of hydrogen-bond donors (Lipinski definition) is 2. The molecule has 0 saturated heterocycles. The second-order valence-electron chi connectivity index (χ2n) is 4.90. The number of para-hydroxylation sites is 2. The van der Waals surface area contributed by atoms with Gasteiger partial charge in [-0.1, -0.05) is 40.3 Å². The highest BCUT2D eigenvalue weighted by atomic mass is 16.9. The largest absolute Gasteiger partial charge is 0.572 e. The summed E-state index contributed by atoms with van der Waals surface area (Å²) in [5.74, 6) is 0. The van der Waals surface area contributed by atoms with Gasteiger partial charge >= 0.3 is 0 Å². The third-order valence-corrected chi connectivity index (χ3v) is 3.83. The van der Waals surface area contributed by atoms with Crippen molar-refractivity contribution >= 4 is 11.4 Å². The fourth-order valence-corrected chi connectivity index (χ4v) is 2.90. The average Bonchev–Trinajstić information content (AvgIpc) is 2.66. The van der Waals surface area contributed by atoms with Gasteiger partial charge in [0.2, 0.25) is 0 Å². The van der Waals surface area contributed by atoms with Crippen LogP contribution >= 0.6 is 0 Å². The molecule has 0 saturated carbocycles. The van der Waals surface area contributed by atoms with Crippen LogP contribution in [-0.4, -0.2) is 10.2 Å². The van der Waals surface area contributed by atoms with Gasteiger partial charge in [-0.3, -0.25) is 0 Å². The van der Waals surface area contributed by atoms with Gasteiger partial charge in [0.15, 0.2) is 11.9 Å². The molecule has 2 aliphatic rings. The molecule has 5 nitrogen and oxygen atoms in total. The van der Waals surface area contributed by atoms with Gasteiger partial charge in [-0.05, 0) is 17.7 Å². The van der Waals surface area contributed by atoms with Crippen LogP contribution < -0.4 is 10.2 Å². The van der Waals surface area contributed by atoms with E-state index in [0.29, 0.717) is 12.2 Å². The first-order valence-corrected chi connectivity index (χ1v) is 6.22. The zero-order valence-electron chi connectivity index (χ0n) is 10.2. The van der Waals surface area contributed by atoms with Crippen molar-refractivity contribution in [1.82, 2.24) is 9.93 Å². The molecule has 0 spiro atoms. The Kier molecular flexibility index (Phi) is 2.05. The summed E-state index contributed by atoms with van der Waals surface area (Å²) in [6, 6.07) is 15.0. The van der Waals surface area contributed by atoms with Crippen LogP contribution in [0.15, 0.2) is 48.5 Å². The van der Waals surface area contributed by atoms with Crippen LogP contribution in [0.4, 0.5) is 11.4 Å². The molecule has 0 aromatic heterocycles. The molecule has 2 heterocycles. The Balaban J connectivity index is 1.88. The van der Waals surface area contributed by atoms with E-state index in [2.05, 4.69) is 5.32 Å². The Morgan fingerprint density at radius 3 is 2.79 bits per heavy atom. The van der Waals surface area contributed by atoms with E-state index >= 15 is 0 Å². The lowest BCUT2D eigenvalue weighted by molar-refractivity contribution is -0.201. The highest BCUT2D eigenvalue weighted by Crippen LogP contribution is 2.47. The van der Waals surface area contributed by atoms with E-state index in [4.69, 9.17) is 0 Å². The van der Waals surface area contributed by atoms with Crippen molar-refractivity contribution in [3.63, 3.8) is 0 Å². The van der Waals surface area contributed by atoms with Crippen LogP contribution in [0.25, 0.3) is 0 Å². The Morgan fingerprint density at radius 1 is 1.16 bits per heavy atom. The first-order chi connectivity index (χ1) is 9.18. The molecule has 2 aromatic rings. The maximum atomic E-state index is 12.5. The minimum Gasteiger partial charge on any atom is -0.572 e. The third kappa shape index (κ3) is 1.38. The Morgan fingerprint density at radius 2 is 1.89 bits per heavy atom. The molecule has 5 heteroatoms.